The predicted octanol–water partition coefficient (Wildman–Crippen LogP) is 3.85. The number of aryl methyl sites for hydroxylation is 1. The third-order valence-electron chi connectivity index (χ3n) is 4.46. The lowest BCUT2D eigenvalue weighted by Gasteiger charge is -2.26. The Balaban J connectivity index is 1.47. The molecule has 1 fully saturated rings. The van der Waals surface area contributed by atoms with Crippen molar-refractivity contribution in [1.82, 2.24) is 15.0 Å². The maximum Gasteiger partial charge on any atom is 0.224 e. The molecule has 7 heteroatoms. The number of aliphatic hydroxyl groups is 1. The molecule has 3 N–H and O–H groups in total. The van der Waals surface area contributed by atoms with E-state index in [-0.39, 0.29) is 6.10 Å². The molecule has 0 unspecified atom stereocenters. The summed E-state index contributed by atoms with van der Waals surface area (Å²) in [5, 5.41) is 17.1. The summed E-state index contributed by atoms with van der Waals surface area (Å²) in [5.41, 5.74) is 2.22. The fraction of sp³-hybridized carbons (Fsp3) is 0.389. The molecule has 0 spiro atoms. The number of rotatable bonds is 4. The minimum Gasteiger partial charge on any atom is -0.393 e. The molecule has 4 rings (SSSR count). The van der Waals surface area contributed by atoms with Crippen molar-refractivity contribution in [3.05, 3.63) is 36.0 Å². The highest BCUT2D eigenvalue weighted by atomic mass is 32.1. The molecule has 1 aliphatic carbocycles. The molecule has 1 aliphatic rings. The number of hydrogen-bond donors (Lipinski definition) is 3. The molecule has 3 aromatic rings. The average Bonchev–Trinajstić information content (AvgIpc) is 2.98. The highest BCUT2D eigenvalue weighted by Crippen LogP contribution is 2.28. The van der Waals surface area contributed by atoms with Crippen LogP contribution in [0.4, 0.5) is 16.9 Å². The van der Waals surface area contributed by atoms with Crippen LogP contribution in [0.15, 0.2) is 30.5 Å². The molecule has 130 valence electrons. The molecule has 0 amide bonds. The Kier molecular flexibility index (Phi) is 4.50. The van der Waals surface area contributed by atoms with Crippen molar-refractivity contribution in [3.63, 3.8) is 0 Å². The Morgan fingerprint density at radius 3 is 2.80 bits per heavy atom. The number of benzene rings is 1. The van der Waals surface area contributed by atoms with Crippen LogP contribution in [0.5, 0.6) is 0 Å². The van der Waals surface area contributed by atoms with Gasteiger partial charge in [-0.15, -0.1) is 0 Å². The lowest BCUT2D eigenvalue weighted by molar-refractivity contribution is 0.126. The summed E-state index contributed by atoms with van der Waals surface area (Å²) in [4.78, 5) is 13.4. The zero-order chi connectivity index (χ0) is 17.2. The zero-order valence-electron chi connectivity index (χ0n) is 14.1. The quantitative estimate of drug-likeness (QED) is 0.659. The van der Waals surface area contributed by atoms with Gasteiger partial charge in [0.1, 0.15) is 5.82 Å². The van der Waals surface area contributed by atoms with Gasteiger partial charge in [0.2, 0.25) is 5.95 Å². The lowest BCUT2D eigenvalue weighted by atomic mass is 9.93. The highest BCUT2D eigenvalue weighted by Gasteiger charge is 2.19. The second kappa shape index (κ2) is 6.93. The second-order valence-corrected chi connectivity index (χ2v) is 7.56. The summed E-state index contributed by atoms with van der Waals surface area (Å²) in [5.74, 6) is 1.34. The zero-order valence-corrected chi connectivity index (χ0v) is 14.9. The van der Waals surface area contributed by atoms with Crippen molar-refractivity contribution in [1.29, 1.82) is 0 Å². The molecule has 2 heterocycles. The number of hydrogen-bond acceptors (Lipinski definition) is 7. The topological polar surface area (TPSA) is 83.0 Å². The van der Waals surface area contributed by atoms with Crippen molar-refractivity contribution in [3.8, 4) is 0 Å². The number of aromatic nitrogens is 3. The van der Waals surface area contributed by atoms with E-state index in [2.05, 4.69) is 44.6 Å². The van der Waals surface area contributed by atoms with Crippen LogP contribution in [0.3, 0.4) is 0 Å². The van der Waals surface area contributed by atoms with Crippen LogP contribution in [-0.4, -0.2) is 32.2 Å². The van der Waals surface area contributed by atoms with Crippen LogP contribution < -0.4 is 10.6 Å². The van der Waals surface area contributed by atoms with E-state index in [0.29, 0.717) is 12.0 Å². The molecule has 1 aromatic carbocycles. The van der Waals surface area contributed by atoms with Crippen LogP contribution in [0.25, 0.3) is 10.2 Å². The predicted molar refractivity (Wildman–Crippen MR) is 102 cm³/mol. The summed E-state index contributed by atoms with van der Waals surface area (Å²) >= 11 is 1.62. The van der Waals surface area contributed by atoms with E-state index >= 15 is 0 Å². The number of fused-ring (bicyclic) bond motifs is 1. The van der Waals surface area contributed by atoms with Crippen LogP contribution in [0, 0.1) is 6.92 Å². The van der Waals surface area contributed by atoms with E-state index in [4.69, 9.17) is 0 Å². The van der Waals surface area contributed by atoms with Crippen molar-refractivity contribution in [2.75, 3.05) is 10.6 Å². The summed E-state index contributed by atoms with van der Waals surface area (Å²) in [6.07, 6.45) is 5.14. The Hall–Kier alpha value is -2.25. The first kappa shape index (κ1) is 16.2. The molecule has 0 aliphatic heterocycles. The smallest absolute Gasteiger partial charge is 0.224 e. The summed E-state index contributed by atoms with van der Waals surface area (Å²) in [6.45, 7) is 2.08. The van der Waals surface area contributed by atoms with Gasteiger partial charge in [-0.3, -0.25) is 0 Å². The molecule has 6 nitrogen and oxygen atoms in total. The third kappa shape index (κ3) is 3.88. The standard InChI is InChI=1S/C18H21N5OS/c1-11-2-7-14-15(10-11)25-18(21-14)23-16-8-9-19-17(22-16)20-12-3-5-13(24)6-4-12/h2,7-10,12-13,24H,3-6H2,1H3,(H2,19,20,21,22,23)/t12-,13-. The van der Waals surface area contributed by atoms with Gasteiger partial charge in [0.05, 0.1) is 16.3 Å². The maximum atomic E-state index is 9.60. The lowest BCUT2D eigenvalue weighted by Crippen LogP contribution is -2.28. The van der Waals surface area contributed by atoms with Crippen LogP contribution in [0.1, 0.15) is 31.2 Å². The Morgan fingerprint density at radius 2 is 1.96 bits per heavy atom. The van der Waals surface area contributed by atoms with E-state index in [9.17, 15) is 5.11 Å². The van der Waals surface area contributed by atoms with Crippen molar-refractivity contribution in [2.24, 2.45) is 0 Å². The van der Waals surface area contributed by atoms with E-state index in [1.807, 2.05) is 12.1 Å². The van der Waals surface area contributed by atoms with Crippen molar-refractivity contribution in [2.45, 2.75) is 44.8 Å². The summed E-state index contributed by atoms with van der Waals surface area (Å²) < 4.78 is 1.16. The highest BCUT2D eigenvalue weighted by molar-refractivity contribution is 7.22. The molecular formula is C18H21N5OS. The molecule has 0 bridgehead atoms. The van der Waals surface area contributed by atoms with Gasteiger partial charge in [-0.25, -0.2) is 9.97 Å². The van der Waals surface area contributed by atoms with Gasteiger partial charge >= 0.3 is 0 Å². The normalized spacial score (nSPS) is 20.6. The van der Waals surface area contributed by atoms with Crippen LogP contribution >= 0.6 is 11.3 Å². The average molecular weight is 355 g/mol. The van der Waals surface area contributed by atoms with Gasteiger partial charge in [-0.1, -0.05) is 17.4 Å². The number of thiazole rings is 1. The van der Waals surface area contributed by atoms with Gasteiger partial charge in [0.25, 0.3) is 0 Å². The van der Waals surface area contributed by atoms with Gasteiger partial charge < -0.3 is 15.7 Å². The van der Waals surface area contributed by atoms with Crippen LogP contribution in [-0.2, 0) is 0 Å². The van der Waals surface area contributed by atoms with E-state index < -0.39 is 0 Å². The first-order chi connectivity index (χ1) is 12.2. The van der Waals surface area contributed by atoms with Crippen molar-refractivity contribution >= 4 is 38.5 Å². The first-order valence-corrected chi connectivity index (χ1v) is 9.39. The molecule has 1 saturated carbocycles. The number of anilines is 3. The van der Waals surface area contributed by atoms with Gasteiger partial charge in [-0.05, 0) is 56.4 Å². The fourth-order valence-corrected chi connectivity index (χ4v) is 4.07. The van der Waals surface area contributed by atoms with E-state index in [1.54, 1.807) is 17.5 Å². The van der Waals surface area contributed by atoms with Gasteiger partial charge in [0, 0.05) is 12.2 Å². The largest absolute Gasteiger partial charge is 0.393 e. The number of nitrogens with zero attached hydrogens (tertiary/aromatic N) is 3. The molecule has 2 aromatic heterocycles. The number of aliphatic hydroxyl groups excluding tert-OH is 1. The molecule has 25 heavy (non-hydrogen) atoms. The summed E-state index contributed by atoms with van der Waals surface area (Å²) in [6, 6.07) is 8.41. The van der Waals surface area contributed by atoms with Gasteiger partial charge in [-0.2, -0.15) is 4.98 Å². The third-order valence-corrected chi connectivity index (χ3v) is 5.40. The fourth-order valence-electron chi connectivity index (χ4n) is 3.10. The maximum absolute atomic E-state index is 9.60. The second-order valence-electron chi connectivity index (χ2n) is 6.53. The van der Waals surface area contributed by atoms with E-state index in [1.165, 1.54) is 5.56 Å². The van der Waals surface area contributed by atoms with Gasteiger partial charge in [0.15, 0.2) is 5.13 Å². The monoisotopic (exact) mass is 355 g/mol. The van der Waals surface area contributed by atoms with E-state index in [0.717, 1.165) is 46.8 Å². The minimum atomic E-state index is -0.158. The van der Waals surface area contributed by atoms with Crippen molar-refractivity contribution < 1.29 is 5.11 Å². The Bertz CT molecular complexity index is 873. The number of nitrogens with one attached hydrogen (secondary N) is 2. The molecule has 0 saturated heterocycles. The Labute approximate surface area is 150 Å². The first-order valence-electron chi connectivity index (χ1n) is 8.57. The molecular weight excluding hydrogens is 334 g/mol. The van der Waals surface area contributed by atoms with Crippen LogP contribution in [0.2, 0.25) is 0 Å². The SMILES string of the molecule is Cc1ccc2nc(Nc3ccnc(N[C@H]4CC[C@H](O)CC4)n3)sc2c1. The molecule has 0 radical (unpaired) electrons. The minimum absolute atomic E-state index is 0.158. The Morgan fingerprint density at radius 1 is 1.12 bits per heavy atom. The molecule has 0 atom stereocenters. The summed E-state index contributed by atoms with van der Waals surface area (Å²) in [7, 11) is 0.